The molecule has 0 aromatic carbocycles. The Kier molecular flexibility index (Phi) is 5.24. The predicted molar refractivity (Wildman–Crippen MR) is 99.2 cm³/mol. The second-order valence-electron chi connectivity index (χ2n) is 6.52. The summed E-state index contributed by atoms with van der Waals surface area (Å²) < 4.78 is 51.3. The van der Waals surface area contributed by atoms with Crippen LogP contribution < -0.4 is 4.90 Å². The number of amides is 1. The molecule has 0 bridgehead atoms. The molecule has 1 aliphatic carbocycles. The number of nitrogens with zero attached hydrogens (tertiary/aromatic N) is 4. The highest BCUT2D eigenvalue weighted by atomic mass is 35.5. The zero-order valence-electron chi connectivity index (χ0n) is 14.6. The van der Waals surface area contributed by atoms with Gasteiger partial charge in [0, 0.05) is 25.6 Å². The molecule has 3 rings (SSSR count). The maximum absolute atomic E-state index is 12.9. The molecule has 1 fully saturated rings. The molecule has 0 saturated heterocycles. The molecule has 1 atom stereocenters. The van der Waals surface area contributed by atoms with Crippen molar-refractivity contribution in [2.24, 2.45) is 5.92 Å². The van der Waals surface area contributed by atoms with E-state index in [2.05, 4.69) is 10.1 Å². The minimum Gasteiger partial charge on any atom is -0.306 e. The van der Waals surface area contributed by atoms with Crippen molar-refractivity contribution >= 4 is 38.7 Å². The van der Waals surface area contributed by atoms with Gasteiger partial charge in [0.25, 0.3) is 11.8 Å². The van der Waals surface area contributed by atoms with Crippen LogP contribution in [-0.4, -0.2) is 59.3 Å². The van der Waals surface area contributed by atoms with Gasteiger partial charge in [-0.25, -0.2) is 21.9 Å². The van der Waals surface area contributed by atoms with E-state index in [-0.39, 0.29) is 10.8 Å². The quantitative estimate of drug-likeness (QED) is 0.674. The van der Waals surface area contributed by atoms with Crippen molar-refractivity contribution in [3.8, 4) is 5.69 Å². The van der Waals surface area contributed by atoms with Crippen LogP contribution in [0.1, 0.15) is 6.42 Å². The number of alkyl halides is 2. The van der Waals surface area contributed by atoms with Gasteiger partial charge in [-0.2, -0.15) is 5.10 Å². The van der Waals surface area contributed by atoms with Crippen molar-refractivity contribution in [3.63, 3.8) is 0 Å². The van der Waals surface area contributed by atoms with Crippen molar-refractivity contribution in [2.75, 3.05) is 23.5 Å². The molecular weight excluding hydrogens is 416 g/mol. The molecule has 0 radical (unpaired) electrons. The number of carbonyl (C=O) groups is 1. The topological polar surface area (TPSA) is 109 Å². The van der Waals surface area contributed by atoms with Gasteiger partial charge in [-0.1, -0.05) is 11.6 Å². The summed E-state index contributed by atoms with van der Waals surface area (Å²) in [5.41, 5.74) is 0.00238. The lowest BCUT2D eigenvalue weighted by atomic mass is 10.3. The molecule has 8 nitrogen and oxygen atoms in total. The molecule has 1 saturated carbocycles. The maximum atomic E-state index is 12.9. The first kappa shape index (κ1) is 20.3. The van der Waals surface area contributed by atoms with Gasteiger partial charge in [0.1, 0.15) is 11.4 Å². The van der Waals surface area contributed by atoms with Gasteiger partial charge in [0.2, 0.25) is 0 Å². The van der Waals surface area contributed by atoms with Gasteiger partial charge in [0.15, 0.2) is 15.0 Å². The first-order chi connectivity index (χ1) is 13.0. The average Bonchev–Trinajstić information content (AvgIpc) is 3.02. The second kappa shape index (κ2) is 7.21. The molecule has 1 amide bonds. The summed E-state index contributed by atoms with van der Waals surface area (Å²) >= 11 is 6.06. The summed E-state index contributed by atoms with van der Waals surface area (Å²) in [4.78, 5) is 17.4. The second-order valence-corrected chi connectivity index (χ2v) is 8.99. The van der Waals surface area contributed by atoms with E-state index < -0.39 is 51.2 Å². The summed E-state index contributed by atoms with van der Waals surface area (Å²) in [7, 11) is -2.70. The van der Waals surface area contributed by atoms with Crippen LogP contribution in [0.4, 0.5) is 14.5 Å². The van der Waals surface area contributed by atoms with Crippen molar-refractivity contribution in [1.29, 1.82) is 5.41 Å². The van der Waals surface area contributed by atoms with E-state index in [1.807, 2.05) is 0 Å². The van der Waals surface area contributed by atoms with Crippen molar-refractivity contribution in [3.05, 3.63) is 35.9 Å². The highest BCUT2D eigenvalue weighted by Gasteiger charge is 2.58. The van der Waals surface area contributed by atoms with E-state index in [0.717, 1.165) is 4.90 Å². The Hall–Kier alpha value is -2.40. The standard InChI is InChI=1S/C16H16ClF2N5O3S/c1-23(13-7-24(22-14(13)17)11-3-2-4-21-6-11)15(25)12(20)9-28(26,27)8-10-5-16(10,18)19/h2-4,6-7,10,20H,5,8-9H2,1H3. The first-order valence-corrected chi connectivity index (χ1v) is 10.3. The Bertz CT molecular complexity index is 1030. The number of halogens is 3. The van der Waals surface area contributed by atoms with Gasteiger partial charge in [-0.15, -0.1) is 0 Å². The van der Waals surface area contributed by atoms with Crippen molar-refractivity contribution in [2.45, 2.75) is 12.3 Å². The maximum Gasteiger partial charge on any atom is 0.272 e. The minimum absolute atomic E-state index is 0.0343. The lowest BCUT2D eigenvalue weighted by molar-refractivity contribution is -0.112. The van der Waals surface area contributed by atoms with Crippen LogP contribution in [-0.2, 0) is 14.6 Å². The molecule has 2 heterocycles. The number of rotatable bonds is 7. The Morgan fingerprint density at radius 2 is 2.18 bits per heavy atom. The third-order valence-electron chi connectivity index (χ3n) is 4.26. The Balaban J connectivity index is 1.70. The van der Waals surface area contributed by atoms with Crippen LogP contribution in [0.2, 0.25) is 5.15 Å². The number of carbonyl (C=O) groups excluding carboxylic acids is 1. The molecule has 1 aliphatic rings. The van der Waals surface area contributed by atoms with Gasteiger partial charge in [0.05, 0.1) is 29.6 Å². The normalized spacial score (nSPS) is 17.9. The fraction of sp³-hybridized carbons (Fsp3) is 0.375. The van der Waals surface area contributed by atoms with Crippen LogP contribution in [0.3, 0.4) is 0 Å². The molecule has 150 valence electrons. The molecule has 0 aliphatic heterocycles. The van der Waals surface area contributed by atoms with E-state index in [0.29, 0.717) is 5.69 Å². The molecule has 12 heteroatoms. The summed E-state index contributed by atoms with van der Waals surface area (Å²) in [6, 6.07) is 3.40. The number of hydrogen-bond acceptors (Lipinski definition) is 6. The van der Waals surface area contributed by atoms with Crippen LogP contribution in [0.5, 0.6) is 0 Å². The Labute approximate surface area is 164 Å². The Morgan fingerprint density at radius 1 is 1.50 bits per heavy atom. The van der Waals surface area contributed by atoms with Crippen LogP contribution in [0.15, 0.2) is 30.7 Å². The molecule has 0 spiro atoms. The number of aromatic nitrogens is 3. The molecule has 1 unspecified atom stereocenters. The van der Waals surface area contributed by atoms with Crippen molar-refractivity contribution < 1.29 is 22.0 Å². The molecule has 1 N–H and O–H groups in total. The largest absolute Gasteiger partial charge is 0.306 e. The fourth-order valence-corrected chi connectivity index (χ4v) is 4.51. The summed E-state index contributed by atoms with van der Waals surface area (Å²) in [5, 5.41) is 11.8. The van der Waals surface area contributed by atoms with E-state index >= 15 is 0 Å². The summed E-state index contributed by atoms with van der Waals surface area (Å²) in [6.45, 7) is 0. The highest BCUT2D eigenvalue weighted by molar-refractivity contribution is 7.92. The third-order valence-corrected chi connectivity index (χ3v) is 6.17. The summed E-state index contributed by atoms with van der Waals surface area (Å²) in [5.74, 6) is -6.82. The van der Waals surface area contributed by atoms with Gasteiger partial charge >= 0.3 is 0 Å². The zero-order valence-corrected chi connectivity index (χ0v) is 16.2. The van der Waals surface area contributed by atoms with Crippen LogP contribution in [0.25, 0.3) is 5.69 Å². The Morgan fingerprint density at radius 3 is 2.75 bits per heavy atom. The number of pyridine rings is 1. The molecule has 2 aromatic heterocycles. The van der Waals surface area contributed by atoms with E-state index in [4.69, 9.17) is 17.0 Å². The molecule has 28 heavy (non-hydrogen) atoms. The lowest BCUT2D eigenvalue weighted by Crippen LogP contribution is -2.37. The minimum atomic E-state index is -4.01. The molecular formula is C16H16ClF2N5O3S. The zero-order chi connectivity index (χ0) is 20.7. The SMILES string of the molecule is CN(C(=O)C(=N)CS(=O)(=O)CC1CC1(F)F)c1cn(-c2cccnc2)nc1Cl. The van der Waals surface area contributed by atoms with E-state index in [1.165, 1.54) is 24.1 Å². The monoisotopic (exact) mass is 431 g/mol. The fourth-order valence-electron chi connectivity index (χ4n) is 2.60. The van der Waals surface area contributed by atoms with E-state index in [1.54, 1.807) is 18.3 Å². The van der Waals surface area contributed by atoms with Crippen LogP contribution >= 0.6 is 11.6 Å². The smallest absolute Gasteiger partial charge is 0.272 e. The lowest BCUT2D eigenvalue weighted by Gasteiger charge is -2.16. The average molecular weight is 432 g/mol. The van der Waals surface area contributed by atoms with Crippen molar-refractivity contribution in [1.82, 2.24) is 14.8 Å². The molecule has 2 aromatic rings. The van der Waals surface area contributed by atoms with Gasteiger partial charge < -0.3 is 4.90 Å². The van der Waals surface area contributed by atoms with Gasteiger partial charge in [-0.05, 0) is 12.1 Å². The predicted octanol–water partition coefficient (Wildman–Crippen LogP) is 1.97. The first-order valence-electron chi connectivity index (χ1n) is 8.09. The van der Waals surface area contributed by atoms with E-state index in [9.17, 15) is 22.0 Å². The summed E-state index contributed by atoms with van der Waals surface area (Å²) in [6.07, 6.45) is 4.04. The van der Waals surface area contributed by atoms with Crippen LogP contribution in [0, 0.1) is 11.3 Å². The highest BCUT2D eigenvalue weighted by Crippen LogP contribution is 2.49. The number of hydrogen-bond donors (Lipinski definition) is 1. The number of anilines is 1. The van der Waals surface area contributed by atoms with Gasteiger partial charge in [-0.3, -0.25) is 15.2 Å². The number of nitrogens with one attached hydrogen (secondary N) is 1. The number of sulfone groups is 1. The third kappa shape index (κ3) is 4.36.